The Morgan fingerprint density at radius 1 is 1.41 bits per heavy atom. The molecule has 0 radical (unpaired) electrons. The molecule has 12 heteroatoms. The van der Waals surface area contributed by atoms with Crippen LogP contribution in [0.3, 0.4) is 0 Å². The molecule has 1 aromatic carbocycles. The number of fused-ring (bicyclic) bond motifs is 1. The van der Waals surface area contributed by atoms with Crippen molar-refractivity contribution in [1.82, 2.24) is 9.55 Å². The Balaban J connectivity index is 1.47. The number of ether oxygens (including phenoxy) is 1. The summed E-state index contributed by atoms with van der Waals surface area (Å²) in [6.07, 6.45) is -2.29. The summed E-state index contributed by atoms with van der Waals surface area (Å²) in [4.78, 5) is 25.0. The molecular formula is C17H18FN2O8P. The summed E-state index contributed by atoms with van der Waals surface area (Å²) in [6, 6.07) is 6.33. The highest BCUT2D eigenvalue weighted by Gasteiger charge is 2.50. The molecule has 0 aliphatic carbocycles. The predicted molar refractivity (Wildman–Crippen MR) is 96.1 cm³/mol. The van der Waals surface area contributed by atoms with E-state index in [2.05, 4.69) is 0 Å². The van der Waals surface area contributed by atoms with Crippen LogP contribution in [0, 0.1) is 6.92 Å². The minimum absolute atomic E-state index is 0.0353. The fraction of sp³-hybridized carbons (Fsp3) is 0.412. The number of phosphoric acid groups is 1. The van der Waals surface area contributed by atoms with Crippen LogP contribution in [0.4, 0.5) is 4.39 Å². The van der Waals surface area contributed by atoms with Crippen molar-refractivity contribution in [3.05, 3.63) is 62.4 Å². The summed E-state index contributed by atoms with van der Waals surface area (Å²) in [5.74, 6) is -2.21. The van der Waals surface area contributed by atoms with Gasteiger partial charge in [-0.25, -0.2) is 13.8 Å². The second-order valence-corrected chi connectivity index (χ2v) is 8.42. The van der Waals surface area contributed by atoms with Gasteiger partial charge in [-0.3, -0.25) is 23.4 Å². The minimum atomic E-state index is -4.11. The van der Waals surface area contributed by atoms with Crippen LogP contribution in [-0.4, -0.2) is 33.2 Å². The van der Waals surface area contributed by atoms with Crippen molar-refractivity contribution in [2.75, 3.05) is 6.61 Å². The van der Waals surface area contributed by atoms with Crippen molar-refractivity contribution in [3.8, 4) is 5.75 Å². The second-order valence-electron chi connectivity index (χ2n) is 6.83. The van der Waals surface area contributed by atoms with Gasteiger partial charge >= 0.3 is 13.5 Å². The third-order valence-electron chi connectivity index (χ3n) is 4.61. The average molecular weight is 428 g/mol. The fourth-order valence-electron chi connectivity index (χ4n) is 3.20. The van der Waals surface area contributed by atoms with Crippen LogP contribution < -0.4 is 15.8 Å². The molecular weight excluding hydrogens is 410 g/mol. The first kappa shape index (κ1) is 20.0. The van der Waals surface area contributed by atoms with Gasteiger partial charge in [-0.15, -0.1) is 0 Å². The zero-order chi connectivity index (χ0) is 20.8. The van der Waals surface area contributed by atoms with E-state index in [9.17, 15) is 19.3 Å². The number of aromatic amines is 1. The number of para-hydroxylation sites is 1. The van der Waals surface area contributed by atoms with E-state index in [-0.39, 0.29) is 6.61 Å². The van der Waals surface area contributed by atoms with Crippen LogP contribution in [0.15, 0.2) is 40.1 Å². The maximum Gasteiger partial charge on any atom is 0.530 e. The molecule has 2 aromatic rings. The van der Waals surface area contributed by atoms with Crippen LogP contribution in [-0.2, 0) is 25.0 Å². The Hall–Kier alpha value is -2.30. The van der Waals surface area contributed by atoms with E-state index in [1.54, 1.807) is 25.1 Å². The number of benzene rings is 1. The molecule has 0 saturated carbocycles. The molecule has 2 aliphatic heterocycles. The number of alkyl halides is 1. The number of nitrogens with one attached hydrogen (secondary N) is 1. The Kier molecular flexibility index (Phi) is 4.96. The van der Waals surface area contributed by atoms with E-state index in [1.165, 1.54) is 0 Å². The lowest BCUT2D eigenvalue weighted by molar-refractivity contribution is -0.179. The number of halogens is 1. The van der Waals surface area contributed by atoms with Crippen molar-refractivity contribution < 1.29 is 32.4 Å². The highest BCUT2D eigenvalue weighted by atomic mass is 31.2. The molecule has 3 heterocycles. The van der Waals surface area contributed by atoms with E-state index in [1.807, 2.05) is 4.98 Å². The fourth-order valence-corrected chi connectivity index (χ4v) is 4.52. The summed E-state index contributed by atoms with van der Waals surface area (Å²) in [5.41, 5.74) is -0.117. The van der Waals surface area contributed by atoms with Gasteiger partial charge < -0.3 is 14.4 Å². The minimum Gasteiger partial charge on any atom is -0.403 e. The van der Waals surface area contributed by atoms with Gasteiger partial charge in [0.2, 0.25) is 5.85 Å². The number of nitrogens with zero attached hydrogens (tertiary/aromatic N) is 1. The number of hydrogen-bond donors (Lipinski definition) is 2. The lowest BCUT2D eigenvalue weighted by Gasteiger charge is -2.28. The third kappa shape index (κ3) is 3.92. The molecule has 0 amide bonds. The molecule has 4 atom stereocenters. The first-order valence-corrected chi connectivity index (χ1v) is 10.2. The van der Waals surface area contributed by atoms with Gasteiger partial charge in [0.15, 0.2) is 6.23 Å². The number of aliphatic hydroxyl groups excluding tert-OH is 1. The van der Waals surface area contributed by atoms with Gasteiger partial charge in [0.05, 0.1) is 6.61 Å². The number of aryl methyl sites for hydroxylation is 1. The summed E-state index contributed by atoms with van der Waals surface area (Å²) < 4.78 is 49.4. The Morgan fingerprint density at radius 3 is 2.97 bits per heavy atom. The molecule has 0 bridgehead atoms. The topological polar surface area (TPSA) is 129 Å². The molecule has 29 heavy (non-hydrogen) atoms. The van der Waals surface area contributed by atoms with Crippen LogP contribution in [0.1, 0.15) is 23.8 Å². The molecule has 0 spiro atoms. The first-order valence-electron chi connectivity index (χ1n) is 8.72. The molecule has 4 rings (SSSR count). The van der Waals surface area contributed by atoms with Crippen molar-refractivity contribution in [3.63, 3.8) is 0 Å². The molecule has 1 fully saturated rings. The van der Waals surface area contributed by atoms with Gasteiger partial charge in [-0.1, -0.05) is 18.2 Å². The maximum atomic E-state index is 15.1. The summed E-state index contributed by atoms with van der Waals surface area (Å²) >= 11 is 0. The zero-order valence-corrected chi connectivity index (χ0v) is 16.1. The number of phosphoric ester groups is 1. The Morgan fingerprint density at radius 2 is 2.21 bits per heavy atom. The Bertz CT molecular complexity index is 1100. The van der Waals surface area contributed by atoms with Gasteiger partial charge in [0, 0.05) is 24.2 Å². The van der Waals surface area contributed by atoms with Crippen molar-refractivity contribution in [1.29, 1.82) is 0 Å². The van der Waals surface area contributed by atoms with Crippen LogP contribution >= 0.6 is 7.82 Å². The largest absolute Gasteiger partial charge is 0.530 e. The SMILES string of the molecule is Cc1cccc2c1OP(=O)(OC[C@]1(F)C[C@@H](O)[C@H](n3ccc(=O)[nH]c3=O)O1)OC2. The quantitative estimate of drug-likeness (QED) is 0.702. The summed E-state index contributed by atoms with van der Waals surface area (Å²) in [5, 5.41) is 10.1. The second kappa shape index (κ2) is 7.19. The van der Waals surface area contributed by atoms with E-state index in [0.29, 0.717) is 11.3 Å². The standard InChI is InChI=1S/C17H18FN2O8P/c1-10-3-2-4-11-8-25-29(24,28-14(10)11)26-9-17(18)7-12(21)15(27-17)20-6-5-13(22)19-16(20)23/h2-6,12,15,21H,7-9H2,1H3,(H,19,22,23)/t12-,15-,17+,29?/m1/s1. The van der Waals surface area contributed by atoms with Crippen LogP contribution in [0.2, 0.25) is 0 Å². The smallest absolute Gasteiger partial charge is 0.403 e. The number of rotatable bonds is 4. The molecule has 1 aromatic heterocycles. The van der Waals surface area contributed by atoms with Crippen LogP contribution in [0.25, 0.3) is 0 Å². The van der Waals surface area contributed by atoms with E-state index >= 15 is 4.39 Å². The van der Waals surface area contributed by atoms with Crippen molar-refractivity contribution >= 4 is 7.82 Å². The van der Waals surface area contributed by atoms with Crippen molar-refractivity contribution in [2.24, 2.45) is 0 Å². The lowest BCUT2D eigenvalue weighted by atomic mass is 10.1. The Labute approximate surface area is 163 Å². The monoisotopic (exact) mass is 428 g/mol. The highest BCUT2D eigenvalue weighted by Crippen LogP contribution is 2.56. The van der Waals surface area contributed by atoms with Crippen molar-refractivity contribution in [2.45, 2.75) is 38.1 Å². The molecule has 1 saturated heterocycles. The number of hydrogen-bond acceptors (Lipinski definition) is 8. The molecule has 2 aliphatic rings. The van der Waals surface area contributed by atoms with E-state index < -0.39 is 50.3 Å². The van der Waals surface area contributed by atoms with E-state index in [0.717, 1.165) is 22.4 Å². The van der Waals surface area contributed by atoms with Crippen LogP contribution in [0.5, 0.6) is 5.75 Å². The molecule has 156 valence electrons. The molecule has 1 unspecified atom stereocenters. The van der Waals surface area contributed by atoms with E-state index in [4.69, 9.17) is 18.3 Å². The zero-order valence-electron chi connectivity index (χ0n) is 15.2. The van der Waals surface area contributed by atoms with Gasteiger partial charge in [-0.2, -0.15) is 0 Å². The van der Waals surface area contributed by atoms with Gasteiger partial charge in [0.1, 0.15) is 18.5 Å². The summed E-state index contributed by atoms with van der Waals surface area (Å²) in [6.45, 7) is 0.859. The predicted octanol–water partition coefficient (Wildman–Crippen LogP) is 1.52. The highest BCUT2D eigenvalue weighted by molar-refractivity contribution is 7.49. The lowest BCUT2D eigenvalue weighted by Crippen LogP contribution is -2.35. The molecule has 2 N–H and O–H groups in total. The first-order chi connectivity index (χ1) is 13.7. The molecule has 10 nitrogen and oxygen atoms in total. The number of aliphatic hydroxyl groups is 1. The normalized spacial score (nSPS) is 31.3. The number of aromatic nitrogens is 2. The summed E-state index contributed by atoms with van der Waals surface area (Å²) in [7, 11) is -4.11. The average Bonchev–Trinajstić information content (AvgIpc) is 2.96. The maximum absolute atomic E-state index is 15.1. The van der Waals surface area contributed by atoms with Gasteiger partial charge in [0.25, 0.3) is 5.56 Å². The van der Waals surface area contributed by atoms with Gasteiger partial charge in [-0.05, 0) is 12.5 Å². The number of H-pyrrole nitrogens is 1. The third-order valence-corrected chi connectivity index (χ3v) is 5.91.